The number of aromatic amines is 1. The number of hydrogen-bond donors (Lipinski definition) is 4. The quantitative estimate of drug-likeness (QED) is 0.137. The highest BCUT2D eigenvalue weighted by molar-refractivity contribution is 5.87. The lowest BCUT2D eigenvalue weighted by Gasteiger charge is -2.48. The molecule has 6 rings (SSSR count). The highest BCUT2D eigenvalue weighted by Crippen LogP contribution is 2.33. The smallest absolute Gasteiger partial charge is 0.248 e. The Morgan fingerprint density at radius 1 is 1.02 bits per heavy atom. The molecule has 2 fully saturated rings. The van der Waals surface area contributed by atoms with E-state index in [9.17, 15) is 19.8 Å². The van der Waals surface area contributed by atoms with Crippen molar-refractivity contribution < 1.29 is 24.5 Å². The van der Waals surface area contributed by atoms with E-state index in [4.69, 9.17) is 9.47 Å². The van der Waals surface area contributed by atoms with Crippen molar-refractivity contribution in [1.82, 2.24) is 20.1 Å². The lowest BCUT2D eigenvalue weighted by Crippen LogP contribution is -2.56. The monoisotopic (exact) mass is 697 g/mol. The number of phenolic OH excluding ortho intramolecular Hbond substituents is 1. The maximum atomic E-state index is 12.6. The van der Waals surface area contributed by atoms with Gasteiger partial charge in [-0.2, -0.15) is 0 Å². The number of ether oxygens (including phenoxy) is 2. The first-order chi connectivity index (χ1) is 24.8. The number of hydrogen-bond acceptors (Lipinski definition) is 9. The van der Waals surface area contributed by atoms with Crippen LogP contribution in [0.15, 0.2) is 83.7 Å². The van der Waals surface area contributed by atoms with E-state index >= 15 is 0 Å². The molecular weight excluding hydrogens is 646 g/mol. The molecule has 11 heteroatoms. The summed E-state index contributed by atoms with van der Waals surface area (Å²) in [4.78, 5) is 33.6. The molecule has 0 saturated carbocycles. The Morgan fingerprint density at radius 3 is 2.65 bits per heavy atom. The summed E-state index contributed by atoms with van der Waals surface area (Å²) in [5, 5.41) is 24.6. The number of rotatable bonds is 15. The van der Waals surface area contributed by atoms with Crippen LogP contribution < -0.4 is 15.8 Å². The van der Waals surface area contributed by atoms with E-state index < -0.39 is 6.10 Å². The molecule has 11 nitrogen and oxygen atoms in total. The van der Waals surface area contributed by atoms with Gasteiger partial charge in [-0.1, -0.05) is 48.5 Å². The van der Waals surface area contributed by atoms with Gasteiger partial charge in [0.1, 0.15) is 5.75 Å². The predicted molar refractivity (Wildman–Crippen MR) is 199 cm³/mol. The molecule has 0 unspecified atom stereocenters. The van der Waals surface area contributed by atoms with E-state index in [1.165, 1.54) is 28.9 Å². The number of H-pyrrole nitrogens is 1. The van der Waals surface area contributed by atoms with Gasteiger partial charge in [-0.05, 0) is 60.2 Å². The third-order valence-corrected chi connectivity index (χ3v) is 10.2. The third-order valence-electron chi connectivity index (χ3n) is 10.2. The molecule has 272 valence electrons. The normalized spacial score (nSPS) is 16.8. The molecule has 1 spiro atoms. The Hall–Kier alpha value is -4.26. The van der Waals surface area contributed by atoms with Crippen LogP contribution >= 0.6 is 0 Å². The molecule has 0 bridgehead atoms. The third kappa shape index (κ3) is 9.75. The summed E-state index contributed by atoms with van der Waals surface area (Å²) in [7, 11) is 1.76. The molecule has 3 heterocycles. The molecular formula is C40H51N5O6. The number of anilines is 1. The number of pyridine rings is 1. The zero-order chi connectivity index (χ0) is 35.6. The van der Waals surface area contributed by atoms with Crippen LogP contribution in [-0.2, 0) is 27.2 Å². The zero-order valence-electron chi connectivity index (χ0n) is 29.6. The number of para-hydroxylation sites is 1. The van der Waals surface area contributed by atoms with Crippen molar-refractivity contribution in [2.75, 3.05) is 77.6 Å². The van der Waals surface area contributed by atoms with E-state index in [1.54, 1.807) is 24.1 Å². The van der Waals surface area contributed by atoms with Gasteiger partial charge in [0, 0.05) is 76.5 Å². The van der Waals surface area contributed by atoms with Crippen LogP contribution in [0.25, 0.3) is 10.9 Å². The molecule has 2 aliphatic rings. The SMILES string of the molecule is CN(CCNC[C@H](O)c1ccc(O)c2[nH]c(=O)ccc12)C(=O)CCOCCc1cccc(CN2CCC3(CC2)CN(c2ccccc2)CCO3)c1. The number of likely N-dealkylation sites (N-methyl/N-ethyl adjacent to an activating group) is 1. The number of aromatic nitrogens is 1. The number of aliphatic hydroxyl groups excluding tert-OH is 1. The van der Waals surface area contributed by atoms with Crippen LogP contribution in [0.2, 0.25) is 0 Å². The topological polar surface area (TPSA) is 131 Å². The number of carbonyl (C=O) groups is 1. The minimum atomic E-state index is -0.852. The van der Waals surface area contributed by atoms with Gasteiger partial charge in [0.25, 0.3) is 0 Å². The number of carbonyl (C=O) groups excluding carboxylic acids is 1. The van der Waals surface area contributed by atoms with Crippen molar-refractivity contribution in [2.45, 2.75) is 43.9 Å². The van der Waals surface area contributed by atoms with Crippen molar-refractivity contribution >= 4 is 22.5 Å². The largest absolute Gasteiger partial charge is 0.506 e. The lowest BCUT2D eigenvalue weighted by atomic mass is 9.89. The van der Waals surface area contributed by atoms with Crippen molar-refractivity contribution in [3.05, 3.63) is 106 Å². The van der Waals surface area contributed by atoms with Crippen molar-refractivity contribution in [1.29, 1.82) is 0 Å². The van der Waals surface area contributed by atoms with Gasteiger partial charge in [0.15, 0.2) is 0 Å². The number of fused-ring (bicyclic) bond motifs is 1. The molecule has 2 aliphatic heterocycles. The second-order valence-corrected chi connectivity index (χ2v) is 13.8. The summed E-state index contributed by atoms with van der Waals surface area (Å²) < 4.78 is 12.2. The average Bonchev–Trinajstić information content (AvgIpc) is 3.15. The highest BCUT2D eigenvalue weighted by Gasteiger charge is 2.39. The number of nitrogens with zero attached hydrogens (tertiary/aromatic N) is 3. The van der Waals surface area contributed by atoms with E-state index in [1.807, 2.05) is 0 Å². The van der Waals surface area contributed by atoms with Gasteiger partial charge >= 0.3 is 0 Å². The second kappa shape index (κ2) is 17.3. The van der Waals surface area contributed by atoms with Gasteiger partial charge in [0.05, 0.1) is 43.5 Å². The van der Waals surface area contributed by atoms with E-state index in [0.717, 1.165) is 58.6 Å². The van der Waals surface area contributed by atoms with Crippen LogP contribution in [0.3, 0.4) is 0 Å². The lowest BCUT2D eigenvalue weighted by molar-refractivity contribution is -0.131. The fourth-order valence-corrected chi connectivity index (χ4v) is 7.18. The predicted octanol–water partition coefficient (Wildman–Crippen LogP) is 3.84. The second-order valence-electron chi connectivity index (χ2n) is 13.8. The number of phenols is 1. The van der Waals surface area contributed by atoms with Crippen molar-refractivity contribution in [3.8, 4) is 5.75 Å². The maximum Gasteiger partial charge on any atom is 0.248 e. The molecule has 51 heavy (non-hydrogen) atoms. The fraction of sp³-hybridized carbons (Fsp3) is 0.450. The standard InChI is InChI=1S/C40H51N5O6/c1-43(21-18-41-27-36(47)33-10-12-35(46)39-34(33)11-13-37(48)42-39)38(49)15-24-50-23-14-30-6-5-7-31(26-30)28-44-19-16-40(17-20-44)29-45(22-25-51-40)32-8-3-2-4-9-32/h2-13,26,36,41,46-47H,14-25,27-29H2,1H3,(H,42,48)/t36-/m0/s1. The van der Waals surface area contributed by atoms with Gasteiger partial charge in [0.2, 0.25) is 11.5 Å². The number of aliphatic hydroxyl groups is 1. The van der Waals surface area contributed by atoms with E-state index in [-0.39, 0.29) is 29.4 Å². The molecule has 2 saturated heterocycles. The molecule has 4 N–H and O–H groups in total. The van der Waals surface area contributed by atoms with Crippen LogP contribution in [0.1, 0.15) is 42.1 Å². The number of likely N-dealkylation sites (tertiary alicyclic amines) is 1. The van der Waals surface area contributed by atoms with Gasteiger partial charge in [-0.15, -0.1) is 0 Å². The summed E-state index contributed by atoms with van der Waals surface area (Å²) in [6.07, 6.45) is 2.33. The van der Waals surface area contributed by atoms with Crippen molar-refractivity contribution in [3.63, 3.8) is 0 Å². The first-order valence-electron chi connectivity index (χ1n) is 18.1. The number of nitrogens with one attached hydrogen (secondary N) is 2. The molecule has 0 radical (unpaired) electrons. The molecule has 0 aliphatic carbocycles. The Bertz CT molecular complexity index is 1790. The first kappa shape index (κ1) is 36.5. The van der Waals surface area contributed by atoms with Gasteiger partial charge < -0.3 is 39.8 Å². The van der Waals surface area contributed by atoms with Gasteiger partial charge in [-0.3, -0.25) is 14.5 Å². The Balaban J connectivity index is 0.849. The Kier molecular flexibility index (Phi) is 12.4. The minimum Gasteiger partial charge on any atom is -0.506 e. The van der Waals surface area contributed by atoms with E-state index in [2.05, 4.69) is 74.7 Å². The minimum absolute atomic E-state index is 0.00235. The molecule has 4 aromatic rings. The fourth-order valence-electron chi connectivity index (χ4n) is 7.18. The summed E-state index contributed by atoms with van der Waals surface area (Å²) in [6.45, 7) is 7.83. The summed E-state index contributed by atoms with van der Waals surface area (Å²) in [5.41, 5.74) is 4.34. The van der Waals surface area contributed by atoms with Crippen LogP contribution in [-0.4, -0.2) is 109 Å². The Labute approximate surface area is 299 Å². The number of aromatic hydroxyl groups is 1. The molecule has 1 aromatic heterocycles. The Morgan fingerprint density at radius 2 is 1.82 bits per heavy atom. The number of morpholine rings is 1. The average molecular weight is 698 g/mol. The molecule has 3 aromatic carbocycles. The molecule has 1 atom stereocenters. The number of amides is 1. The highest BCUT2D eigenvalue weighted by atomic mass is 16.5. The van der Waals surface area contributed by atoms with Crippen molar-refractivity contribution in [2.24, 2.45) is 0 Å². The summed E-state index contributed by atoms with van der Waals surface area (Å²) >= 11 is 0. The number of piperidine rings is 1. The first-order valence-corrected chi connectivity index (χ1v) is 18.1. The molecule has 1 amide bonds. The van der Waals surface area contributed by atoms with Crippen LogP contribution in [0, 0.1) is 0 Å². The van der Waals surface area contributed by atoms with Gasteiger partial charge in [-0.25, -0.2) is 0 Å². The zero-order valence-corrected chi connectivity index (χ0v) is 29.6. The summed E-state index contributed by atoms with van der Waals surface area (Å²) in [5.74, 6) is -0.0453. The maximum absolute atomic E-state index is 12.6. The van der Waals surface area contributed by atoms with Crippen LogP contribution in [0.4, 0.5) is 5.69 Å². The van der Waals surface area contributed by atoms with E-state index in [0.29, 0.717) is 49.2 Å². The van der Waals surface area contributed by atoms with Crippen LogP contribution in [0.5, 0.6) is 5.75 Å². The summed E-state index contributed by atoms with van der Waals surface area (Å²) in [6, 6.07) is 25.5. The number of benzene rings is 3.